The number of halogens is 1. The molecule has 6 nitrogen and oxygen atoms in total. The Labute approximate surface area is 144 Å². The van der Waals surface area contributed by atoms with Gasteiger partial charge in [0, 0.05) is 23.5 Å². The van der Waals surface area contributed by atoms with Gasteiger partial charge in [-0.25, -0.2) is 0 Å². The van der Waals surface area contributed by atoms with Gasteiger partial charge in [-0.15, -0.1) is 0 Å². The number of carbonyl (C=O) groups is 2. The lowest BCUT2D eigenvalue weighted by atomic mass is 10.1. The Hall–Kier alpha value is -2.44. The van der Waals surface area contributed by atoms with Gasteiger partial charge in [-0.1, -0.05) is 23.7 Å². The molecule has 1 heterocycles. The third-order valence-corrected chi connectivity index (χ3v) is 3.81. The summed E-state index contributed by atoms with van der Waals surface area (Å²) >= 11 is 6.01. The van der Waals surface area contributed by atoms with Crippen molar-refractivity contribution in [1.29, 1.82) is 0 Å². The number of aryl methyl sites for hydroxylation is 1. The first-order valence-corrected chi connectivity index (χ1v) is 7.75. The molecule has 0 radical (unpaired) electrons. The molecule has 0 fully saturated rings. The van der Waals surface area contributed by atoms with Gasteiger partial charge in [0.2, 0.25) is 5.91 Å². The van der Waals surface area contributed by atoms with E-state index >= 15 is 0 Å². The lowest BCUT2D eigenvalue weighted by Gasteiger charge is -2.14. The van der Waals surface area contributed by atoms with Crippen molar-refractivity contribution < 1.29 is 14.7 Å². The molecule has 7 heteroatoms. The lowest BCUT2D eigenvalue weighted by molar-refractivity contribution is -0.141. The summed E-state index contributed by atoms with van der Waals surface area (Å²) in [5, 5.41) is 15.3. The smallest absolute Gasteiger partial charge is 0.321 e. The standard InChI is InChI=1S/C17H18ClN3O3/c1-11-5-6-12(8-14(11)18)21-16(22)9-15(17(23)24)20-10-13-4-2-3-7-19-13/h2-8,15,20H,9-10H2,1H3,(H,21,22)(H,23,24). The molecule has 0 spiro atoms. The minimum absolute atomic E-state index is 0.201. The Kier molecular flexibility index (Phi) is 6.28. The molecule has 126 valence electrons. The van der Waals surface area contributed by atoms with Crippen LogP contribution >= 0.6 is 11.6 Å². The van der Waals surface area contributed by atoms with Crippen molar-refractivity contribution in [1.82, 2.24) is 10.3 Å². The van der Waals surface area contributed by atoms with Crippen LogP contribution in [0.2, 0.25) is 5.02 Å². The molecule has 1 aromatic heterocycles. The van der Waals surface area contributed by atoms with E-state index in [1.807, 2.05) is 13.0 Å². The van der Waals surface area contributed by atoms with Crippen LogP contribution in [-0.2, 0) is 16.1 Å². The van der Waals surface area contributed by atoms with E-state index in [0.717, 1.165) is 5.56 Å². The SMILES string of the molecule is Cc1ccc(NC(=O)CC(NCc2ccccn2)C(=O)O)cc1Cl. The van der Waals surface area contributed by atoms with Gasteiger partial charge < -0.3 is 10.4 Å². The first-order valence-electron chi connectivity index (χ1n) is 7.38. The van der Waals surface area contributed by atoms with Gasteiger partial charge in [0.25, 0.3) is 0 Å². The van der Waals surface area contributed by atoms with Crippen LogP contribution in [0.1, 0.15) is 17.7 Å². The summed E-state index contributed by atoms with van der Waals surface area (Å²) in [4.78, 5) is 27.5. The van der Waals surface area contributed by atoms with E-state index in [9.17, 15) is 14.7 Å². The number of hydrogen-bond donors (Lipinski definition) is 3. The normalized spacial score (nSPS) is 11.8. The Morgan fingerprint density at radius 2 is 2.08 bits per heavy atom. The Morgan fingerprint density at radius 1 is 1.29 bits per heavy atom. The predicted octanol–water partition coefficient (Wildman–Crippen LogP) is 2.62. The molecular formula is C17H18ClN3O3. The number of carbonyl (C=O) groups excluding carboxylic acids is 1. The van der Waals surface area contributed by atoms with Gasteiger partial charge in [0.1, 0.15) is 6.04 Å². The summed E-state index contributed by atoms with van der Waals surface area (Å²) < 4.78 is 0. The Bertz CT molecular complexity index is 722. The predicted molar refractivity (Wildman–Crippen MR) is 91.9 cm³/mol. The Morgan fingerprint density at radius 3 is 2.71 bits per heavy atom. The molecule has 0 aliphatic rings. The fourth-order valence-electron chi connectivity index (χ4n) is 2.05. The second kappa shape index (κ2) is 8.42. The molecule has 1 atom stereocenters. The highest BCUT2D eigenvalue weighted by atomic mass is 35.5. The summed E-state index contributed by atoms with van der Waals surface area (Å²) in [6, 6.07) is 9.49. The van der Waals surface area contributed by atoms with Crippen LogP contribution in [0.5, 0.6) is 0 Å². The fourth-order valence-corrected chi connectivity index (χ4v) is 2.23. The minimum atomic E-state index is -1.09. The molecule has 0 aliphatic carbocycles. The zero-order valence-electron chi connectivity index (χ0n) is 13.1. The van der Waals surface area contributed by atoms with Crippen molar-refractivity contribution in [3.05, 3.63) is 58.9 Å². The maximum Gasteiger partial charge on any atom is 0.321 e. The highest BCUT2D eigenvalue weighted by Gasteiger charge is 2.21. The van der Waals surface area contributed by atoms with E-state index < -0.39 is 17.9 Å². The number of rotatable bonds is 7. The zero-order valence-corrected chi connectivity index (χ0v) is 13.9. The van der Waals surface area contributed by atoms with Gasteiger partial charge in [-0.05, 0) is 36.8 Å². The van der Waals surface area contributed by atoms with E-state index in [1.54, 1.807) is 36.5 Å². The molecule has 0 aliphatic heterocycles. The van der Waals surface area contributed by atoms with Crippen molar-refractivity contribution in [3.63, 3.8) is 0 Å². The molecule has 3 N–H and O–H groups in total. The van der Waals surface area contributed by atoms with Crippen molar-refractivity contribution in [2.45, 2.75) is 25.9 Å². The van der Waals surface area contributed by atoms with E-state index in [2.05, 4.69) is 15.6 Å². The molecule has 2 rings (SSSR count). The van der Waals surface area contributed by atoms with Crippen molar-refractivity contribution in [2.24, 2.45) is 0 Å². The first kappa shape index (κ1) is 17.9. The van der Waals surface area contributed by atoms with Crippen molar-refractivity contribution in [2.75, 3.05) is 5.32 Å². The number of nitrogens with one attached hydrogen (secondary N) is 2. The minimum Gasteiger partial charge on any atom is -0.480 e. The first-order chi connectivity index (χ1) is 11.5. The fraction of sp³-hybridized carbons (Fsp3) is 0.235. The largest absolute Gasteiger partial charge is 0.480 e. The van der Waals surface area contributed by atoms with Gasteiger partial charge in [0.15, 0.2) is 0 Å². The zero-order chi connectivity index (χ0) is 17.5. The number of nitrogens with zero attached hydrogens (tertiary/aromatic N) is 1. The molecule has 0 saturated carbocycles. The summed E-state index contributed by atoms with van der Waals surface area (Å²) in [7, 11) is 0. The third-order valence-electron chi connectivity index (χ3n) is 3.40. The number of pyridine rings is 1. The number of carboxylic acids is 1. The molecule has 0 saturated heterocycles. The molecular weight excluding hydrogens is 330 g/mol. The topological polar surface area (TPSA) is 91.3 Å². The number of carboxylic acid groups (broad SMARTS) is 1. The van der Waals surface area contributed by atoms with E-state index in [0.29, 0.717) is 16.4 Å². The second-order valence-electron chi connectivity index (χ2n) is 5.31. The van der Waals surface area contributed by atoms with Crippen LogP contribution in [-0.4, -0.2) is 28.0 Å². The van der Waals surface area contributed by atoms with E-state index in [1.165, 1.54) is 0 Å². The molecule has 1 aromatic carbocycles. The van der Waals surface area contributed by atoms with Crippen LogP contribution in [0.4, 0.5) is 5.69 Å². The van der Waals surface area contributed by atoms with E-state index in [-0.39, 0.29) is 13.0 Å². The lowest BCUT2D eigenvalue weighted by Crippen LogP contribution is -2.39. The number of anilines is 1. The van der Waals surface area contributed by atoms with Gasteiger partial charge in [-0.2, -0.15) is 0 Å². The van der Waals surface area contributed by atoms with Crippen LogP contribution in [0, 0.1) is 6.92 Å². The van der Waals surface area contributed by atoms with Gasteiger partial charge in [0.05, 0.1) is 12.1 Å². The van der Waals surface area contributed by atoms with Crippen LogP contribution < -0.4 is 10.6 Å². The molecule has 1 amide bonds. The number of benzene rings is 1. The average molecular weight is 348 g/mol. The van der Waals surface area contributed by atoms with Gasteiger partial charge in [-0.3, -0.25) is 19.9 Å². The number of amides is 1. The summed E-state index contributed by atoms with van der Waals surface area (Å²) in [6.45, 7) is 2.12. The highest BCUT2D eigenvalue weighted by molar-refractivity contribution is 6.31. The van der Waals surface area contributed by atoms with Crippen molar-refractivity contribution >= 4 is 29.2 Å². The molecule has 2 aromatic rings. The molecule has 1 unspecified atom stereocenters. The Balaban J connectivity index is 1.92. The van der Waals surface area contributed by atoms with Gasteiger partial charge >= 0.3 is 5.97 Å². The average Bonchev–Trinajstić information content (AvgIpc) is 2.55. The van der Waals surface area contributed by atoms with Crippen LogP contribution in [0.15, 0.2) is 42.6 Å². The van der Waals surface area contributed by atoms with E-state index in [4.69, 9.17) is 11.6 Å². The quantitative estimate of drug-likeness (QED) is 0.716. The van der Waals surface area contributed by atoms with Crippen molar-refractivity contribution in [3.8, 4) is 0 Å². The summed E-state index contributed by atoms with van der Waals surface area (Å²) in [5.74, 6) is -1.50. The number of aliphatic carboxylic acids is 1. The maximum absolute atomic E-state index is 12.1. The van der Waals surface area contributed by atoms with Crippen LogP contribution in [0.3, 0.4) is 0 Å². The number of aromatic nitrogens is 1. The summed E-state index contributed by atoms with van der Waals surface area (Å²) in [5.41, 5.74) is 2.13. The monoisotopic (exact) mass is 347 g/mol. The third kappa shape index (κ3) is 5.33. The molecule has 24 heavy (non-hydrogen) atoms. The highest BCUT2D eigenvalue weighted by Crippen LogP contribution is 2.20. The maximum atomic E-state index is 12.1. The van der Waals surface area contributed by atoms with Crippen LogP contribution in [0.25, 0.3) is 0 Å². The number of hydrogen-bond acceptors (Lipinski definition) is 4. The summed E-state index contributed by atoms with van der Waals surface area (Å²) in [6.07, 6.45) is 1.42. The second-order valence-corrected chi connectivity index (χ2v) is 5.72. The molecule has 0 bridgehead atoms.